The number of rotatable bonds is 4. The molecule has 134 valence electrons. The lowest BCUT2D eigenvalue weighted by atomic mass is 9.62. The van der Waals surface area contributed by atoms with E-state index in [0.29, 0.717) is 24.3 Å². The third-order valence-electron chi connectivity index (χ3n) is 5.47. The lowest BCUT2D eigenvalue weighted by Gasteiger charge is -2.43. The second-order valence-electron chi connectivity index (χ2n) is 7.05. The highest BCUT2D eigenvalue weighted by molar-refractivity contribution is 6.03. The second kappa shape index (κ2) is 7.42. The molecule has 4 heteroatoms. The van der Waals surface area contributed by atoms with E-state index in [9.17, 15) is 9.59 Å². The third kappa shape index (κ3) is 3.35. The monoisotopic (exact) mass is 341 g/mol. The zero-order chi connectivity index (χ0) is 17.9. The average molecular weight is 341 g/mol. The van der Waals surface area contributed by atoms with Gasteiger partial charge < -0.3 is 10.1 Å². The normalized spacial score (nSPS) is 18.6. The van der Waals surface area contributed by atoms with Gasteiger partial charge in [0.15, 0.2) is 0 Å². The first-order chi connectivity index (χ1) is 12.1. The van der Waals surface area contributed by atoms with E-state index < -0.39 is 0 Å². The van der Waals surface area contributed by atoms with Crippen molar-refractivity contribution in [3.8, 4) is 0 Å². The van der Waals surface area contributed by atoms with Gasteiger partial charge in [0.2, 0.25) is 5.91 Å². The minimum atomic E-state index is -0.273. The zero-order valence-corrected chi connectivity index (χ0v) is 15.2. The predicted octanol–water partition coefficient (Wildman–Crippen LogP) is 3.99. The van der Waals surface area contributed by atoms with Crippen molar-refractivity contribution in [1.82, 2.24) is 5.32 Å². The van der Waals surface area contributed by atoms with Crippen molar-refractivity contribution in [3.05, 3.63) is 41.0 Å². The molecular formula is C21H27NO3. The molecule has 1 N–H and O–H groups in total. The molecule has 0 unspecified atom stereocenters. The number of carbonyl (C=O) groups excluding carboxylic acids is 2. The predicted molar refractivity (Wildman–Crippen MR) is 97.7 cm³/mol. The molecule has 0 saturated heterocycles. The van der Waals surface area contributed by atoms with Crippen molar-refractivity contribution in [2.75, 3.05) is 6.61 Å². The molecule has 1 aromatic rings. The molecule has 4 nitrogen and oxygen atoms in total. The standard InChI is InChI=1S/C21H27NO3/c1-3-17(23)22-19-16-11-7-6-10-15(16)14-21(12-8-5-9-13-21)18(19)20(24)25-4-2/h6-7,10-11H,3-5,8-9,12-14H2,1-2H3,(H,22,23). The lowest BCUT2D eigenvalue weighted by Crippen LogP contribution is -2.40. The molecule has 1 saturated carbocycles. The highest BCUT2D eigenvalue weighted by Crippen LogP contribution is 2.51. The van der Waals surface area contributed by atoms with Crippen molar-refractivity contribution in [3.63, 3.8) is 0 Å². The summed E-state index contributed by atoms with van der Waals surface area (Å²) >= 11 is 0. The van der Waals surface area contributed by atoms with Gasteiger partial charge >= 0.3 is 5.97 Å². The van der Waals surface area contributed by atoms with Gasteiger partial charge in [-0.05, 0) is 31.7 Å². The molecule has 2 aliphatic carbocycles. The van der Waals surface area contributed by atoms with Crippen LogP contribution >= 0.6 is 0 Å². The Hall–Kier alpha value is -2.10. The van der Waals surface area contributed by atoms with E-state index in [1.165, 1.54) is 12.0 Å². The Morgan fingerprint density at radius 3 is 2.52 bits per heavy atom. The van der Waals surface area contributed by atoms with Crippen LogP contribution in [0.1, 0.15) is 63.5 Å². The van der Waals surface area contributed by atoms with Gasteiger partial charge in [-0.15, -0.1) is 0 Å². The molecule has 0 atom stereocenters. The number of fused-ring (bicyclic) bond motifs is 1. The van der Waals surface area contributed by atoms with Crippen LogP contribution in [0.5, 0.6) is 0 Å². The maximum absolute atomic E-state index is 12.9. The largest absolute Gasteiger partial charge is 0.463 e. The van der Waals surface area contributed by atoms with Crippen LogP contribution in [0.2, 0.25) is 0 Å². The lowest BCUT2D eigenvalue weighted by molar-refractivity contribution is -0.140. The van der Waals surface area contributed by atoms with Crippen LogP contribution in [-0.4, -0.2) is 18.5 Å². The number of hydrogen-bond donors (Lipinski definition) is 1. The van der Waals surface area contributed by atoms with Gasteiger partial charge in [0.1, 0.15) is 0 Å². The van der Waals surface area contributed by atoms with Crippen molar-refractivity contribution in [1.29, 1.82) is 0 Å². The average Bonchev–Trinajstić information content (AvgIpc) is 2.62. The minimum Gasteiger partial charge on any atom is -0.463 e. The molecular weight excluding hydrogens is 314 g/mol. The van der Waals surface area contributed by atoms with Gasteiger partial charge in [-0.2, -0.15) is 0 Å². The fraction of sp³-hybridized carbons (Fsp3) is 0.524. The molecule has 0 aliphatic heterocycles. The van der Waals surface area contributed by atoms with Crippen LogP contribution in [0, 0.1) is 5.41 Å². The van der Waals surface area contributed by atoms with E-state index in [1.54, 1.807) is 0 Å². The van der Waals surface area contributed by atoms with Gasteiger partial charge in [0, 0.05) is 17.4 Å². The smallest absolute Gasteiger partial charge is 0.336 e. The quantitative estimate of drug-likeness (QED) is 0.842. The van der Waals surface area contributed by atoms with Gasteiger partial charge in [-0.25, -0.2) is 4.79 Å². The highest BCUT2D eigenvalue weighted by Gasteiger charge is 2.45. The number of carbonyl (C=O) groups is 2. The fourth-order valence-corrected chi connectivity index (χ4v) is 4.31. The van der Waals surface area contributed by atoms with Crippen LogP contribution in [0.3, 0.4) is 0 Å². The summed E-state index contributed by atoms with van der Waals surface area (Å²) in [6.45, 7) is 3.99. The van der Waals surface area contributed by atoms with Crippen LogP contribution in [-0.2, 0) is 20.7 Å². The van der Waals surface area contributed by atoms with Gasteiger partial charge in [0.05, 0.1) is 17.9 Å². The number of hydrogen-bond acceptors (Lipinski definition) is 3. The molecule has 2 aliphatic rings. The van der Waals surface area contributed by atoms with E-state index in [1.807, 2.05) is 32.0 Å². The Labute approximate surface area is 149 Å². The summed E-state index contributed by atoms with van der Waals surface area (Å²) in [5.74, 6) is -0.343. The van der Waals surface area contributed by atoms with Crippen LogP contribution in [0.15, 0.2) is 29.8 Å². The van der Waals surface area contributed by atoms with Gasteiger partial charge in [0.25, 0.3) is 0 Å². The maximum Gasteiger partial charge on any atom is 0.336 e. The van der Waals surface area contributed by atoms with Crippen LogP contribution in [0.25, 0.3) is 5.70 Å². The zero-order valence-electron chi connectivity index (χ0n) is 15.2. The Bertz CT molecular complexity index is 699. The van der Waals surface area contributed by atoms with Crippen LogP contribution in [0.4, 0.5) is 0 Å². The molecule has 1 amide bonds. The van der Waals surface area contributed by atoms with E-state index in [0.717, 1.165) is 37.7 Å². The van der Waals surface area contributed by atoms with Crippen LogP contribution < -0.4 is 5.32 Å². The topological polar surface area (TPSA) is 55.4 Å². The number of esters is 1. The Morgan fingerprint density at radius 1 is 1.12 bits per heavy atom. The molecule has 25 heavy (non-hydrogen) atoms. The first-order valence-electron chi connectivity index (χ1n) is 9.41. The number of ether oxygens (including phenoxy) is 1. The van der Waals surface area contributed by atoms with Gasteiger partial charge in [-0.1, -0.05) is 50.5 Å². The molecule has 0 radical (unpaired) electrons. The highest BCUT2D eigenvalue weighted by atomic mass is 16.5. The summed E-state index contributed by atoms with van der Waals surface area (Å²) in [5, 5.41) is 3.03. The maximum atomic E-state index is 12.9. The summed E-state index contributed by atoms with van der Waals surface area (Å²) in [4.78, 5) is 25.1. The van der Waals surface area contributed by atoms with E-state index in [-0.39, 0.29) is 17.3 Å². The SMILES string of the molecule is CCOC(=O)C1=C(NC(=O)CC)c2ccccc2CC12CCCCC2. The Morgan fingerprint density at radius 2 is 1.84 bits per heavy atom. The molecule has 0 heterocycles. The van der Waals surface area contributed by atoms with E-state index >= 15 is 0 Å². The van der Waals surface area contributed by atoms with Crippen molar-refractivity contribution < 1.29 is 14.3 Å². The van der Waals surface area contributed by atoms with Crippen molar-refractivity contribution >= 4 is 17.6 Å². The van der Waals surface area contributed by atoms with Crippen molar-refractivity contribution in [2.24, 2.45) is 5.41 Å². The van der Waals surface area contributed by atoms with Crippen molar-refractivity contribution in [2.45, 2.75) is 58.8 Å². The molecule has 1 aromatic carbocycles. The molecule has 0 aromatic heterocycles. The van der Waals surface area contributed by atoms with Gasteiger partial charge in [-0.3, -0.25) is 4.79 Å². The summed E-state index contributed by atoms with van der Waals surface area (Å²) in [6.07, 6.45) is 6.61. The Kier molecular flexibility index (Phi) is 5.26. The minimum absolute atomic E-state index is 0.0699. The first-order valence-corrected chi connectivity index (χ1v) is 9.41. The summed E-state index contributed by atoms with van der Waals surface area (Å²) in [7, 11) is 0. The second-order valence-corrected chi connectivity index (χ2v) is 7.05. The molecule has 3 rings (SSSR count). The number of nitrogens with one attached hydrogen (secondary N) is 1. The summed E-state index contributed by atoms with van der Waals surface area (Å²) in [6, 6.07) is 8.10. The molecule has 1 fully saturated rings. The van der Waals surface area contributed by atoms with E-state index in [2.05, 4.69) is 11.4 Å². The summed E-state index contributed by atoms with van der Waals surface area (Å²) in [5.41, 5.74) is 3.32. The third-order valence-corrected chi connectivity index (χ3v) is 5.47. The number of benzene rings is 1. The molecule has 0 bridgehead atoms. The Balaban J connectivity index is 2.19. The van der Waals surface area contributed by atoms with E-state index in [4.69, 9.17) is 4.74 Å². The molecule has 1 spiro atoms. The fourth-order valence-electron chi connectivity index (χ4n) is 4.31. The summed E-state index contributed by atoms with van der Waals surface area (Å²) < 4.78 is 5.42. The number of amides is 1. The first kappa shape index (κ1) is 17.7.